The average Bonchev–Trinajstić information content (AvgIpc) is 2.14. The van der Waals surface area contributed by atoms with Gasteiger partial charge in [0.1, 0.15) is 0 Å². The zero-order valence-corrected chi connectivity index (χ0v) is 10.3. The number of carbonyl (C=O) groups excluding carboxylic acids is 1. The van der Waals surface area contributed by atoms with Crippen LogP contribution in [-0.4, -0.2) is 27.5 Å². The molecule has 0 saturated carbocycles. The van der Waals surface area contributed by atoms with E-state index < -0.39 is 8.32 Å². The van der Waals surface area contributed by atoms with Gasteiger partial charge in [0.25, 0.3) is 0 Å². The summed E-state index contributed by atoms with van der Waals surface area (Å²) in [6.07, 6.45) is 2.21. The molecule has 0 rings (SSSR count). The second-order valence-corrected chi connectivity index (χ2v) is 8.04. The first-order chi connectivity index (χ1) is 6.52. The smallest absolute Gasteiger partial charge is 0.330 e. The van der Waals surface area contributed by atoms with E-state index in [4.69, 9.17) is 9.16 Å². The third-order valence-corrected chi connectivity index (χ3v) is 4.21. The highest BCUT2D eigenvalue weighted by atomic mass is 28.4. The molecule has 4 heteroatoms. The van der Waals surface area contributed by atoms with E-state index in [0.717, 1.165) is 19.1 Å². The highest BCUT2D eigenvalue weighted by molar-refractivity contribution is 6.71. The van der Waals surface area contributed by atoms with E-state index in [1.165, 1.54) is 6.08 Å². The van der Waals surface area contributed by atoms with Crippen LogP contribution in [0.2, 0.25) is 19.1 Å². The highest BCUT2D eigenvalue weighted by Crippen LogP contribution is 2.11. The maximum Gasteiger partial charge on any atom is 0.330 e. The minimum atomic E-state index is -1.62. The fourth-order valence-corrected chi connectivity index (χ4v) is 2.40. The average molecular weight is 216 g/mol. The lowest BCUT2D eigenvalue weighted by Crippen LogP contribution is -2.32. The van der Waals surface area contributed by atoms with Gasteiger partial charge < -0.3 is 9.16 Å². The Morgan fingerprint density at radius 2 is 2.07 bits per heavy atom. The van der Waals surface area contributed by atoms with Crippen LogP contribution in [0.25, 0.3) is 0 Å². The van der Waals surface area contributed by atoms with Crippen molar-refractivity contribution in [2.24, 2.45) is 0 Å². The van der Waals surface area contributed by atoms with Crippen molar-refractivity contribution >= 4 is 14.3 Å². The summed E-state index contributed by atoms with van der Waals surface area (Å²) in [4.78, 5) is 10.7. The lowest BCUT2D eigenvalue weighted by atomic mass is 10.5. The highest BCUT2D eigenvalue weighted by Gasteiger charge is 2.22. The van der Waals surface area contributed by atoms with Gasteiger partial charge in [-0.05, 0) is 19.5 Å². The molecule has 0 bridgehead atoms. The van der Waals surface area contributed by atoms with Crippen molar-refractivity contribution in [3.05, 3.63) is 12.7 Å². The standard InChI is InChI=1S/C10H20O3Si/c1-5-7-13-14(3,4)9-8-12-10(11)6-2/h6H,2,5,7-9H2,1,3-4H3. The molecular formula is C10H20O3Si. The zero-order chi connectivity index (χ0) is 11.0. The van der Waals surface area contributed by atoms with Crippen LogP contribution in [0.3, 0.4) is 0 Å². The summed E-state index contributed by atoms with van der Waals surface area (Å²) >= 11 is 0. The summed E-state index contributed by atoms with van der Waals surface area (Å²) in [7, 11) is -1.62. The SMILES string of the molecule is C=CC(=O)OCC[Si](C)(C)OCCC. The Bertz CT molecular complexity index is 190. The fraction of sp³-hybridized carbons (Fsp3) is 0.700. The second kappa shape index (κ2) is 6.78. The summed E-state index contributed by atoms with van der Waals surface area (Å²) in [5, 5.41) is 0. The molecule has 0 N–H and O–H groups in total. The molecule has 0 aliphatic carbocycles. The fourth-order valence-electron chi connectivity index (χ4n) is 0.907. The molecule has 0 aliphatic rings. The summed E-state index contributed by atoms with van der Waals surface area (Å²) < 4.78 is 10.6. The van der Waals surface area contributed by atoms with Crippen LogP contribution in [0.4, 0.5) is 0 Å². The minimum absolute atomic E-state index is 0.356. The van der Waals surface area contributed by atoms with E-state index >= 15 is 0 Å². The van der Waals surface area contributed by atoms with Gasteiger partial charge in [-0.25, -0.2) is 4.79 Å². The van der Waals surface area contributed by atoms with E-state index in [9.17, 15) is 4.79 Å². The van der Waals surface area contributed by atoms with Crippen LogP contribution in [0, 0.1) is 0 Å². The van der Waals surface area contributed by atoms with Gasteiger partial charge in [0.2, 0.25) is 0 Å². The molecule has 0 amide bonds. The molecule has 3 nitrogen and oxygen atoms in total. The number of rotatable bonds is 7. The normalized spacial score (nSPS) is 11.1. The molecule has 0 aromatic rings. The Balaban J connectivity index is 3.64. The molecule has 0 aliphatic heterocycles. The predicted molar refractivity (Wildman–Crippen MR) is 59.7 cm³/mol. The van der Waals surface area contributed by atoms with Crippen LogP contribution in [-0.2, 0) is 14.0 Å². The van der Waals surface area contributed by atoms with E-state index in [-0.39, 0.29) is 5.97 Å². The molecule has 0 aromatic heterocycles. The Labute approximate surface area is 87.2 Å². The number of carbonyl (C=O) groups is 1. The lowest BCUT2D eigenvalue weighted by Gasteiger charge is -2.21. The molecule has 0 spiro atoms. The van der Waals surface area contributed by atoms with Gasteiger partial charge in [0, 0.05) is 18.7 Å². The van der Waals surface area contributed by atoms with Crippen LogP contribution in [0.15, 0.2) is 12.7 Å². The van der Waals surface area contributed by atoms with E-state index in [0.29, 0.717) is 6.61 Å². The van der Waals surface area contributed by atoms with Crippen molar-refractivity contribution in [1.29, 1.82) is 0 Å². The molecule has 0 aromatic carbocycles. The van der Waals surface area contributed by atoms with Crippen LogP contribution in [0.1, 0.15) is 13.3 Å². The van der Waals surface area contributed by atoms with Crippen LogP contribution >= 0.6 is 0 Å². The van der Waals surface area contributed by atoms with Gasteiger partial charge in [0.05, 0.1) is 6.61 Å². The van der Waals surface area contributed by atoms with Crippen molar-refractivity contribution in [3.63, 3.8) is 0 Å². The van der Waals surface area contributed by atoms with Crippen LogP contribution < -0.4 is 0 Å². The van der Waals surface area contributed by atoms with Gasteiger partial charge in [-0.15, -0.1) is 0 Å². The molecule has 0 saturated heterocycles. The summed E-state index contributed by atoms with van der Waals surface area (Å²) in [5.74, 6) is -0.356. The molecule has 82 valence electrons. The Kier molecular flexibility index (Phi) is 6.49. The molecule has 0 atom stereocenters. The van der Waals surface area contributed by atoms with Crippen molar-refractivity contribution in [2.75, 3.05) is 13.2 Å². The maximum atomic E-state index is 10.7. The van der Waals surface area contributed by atoms with Crippen molar-refractivity contribution in [2.45, 2.75) is 32.5 Å². The lowest BCUT2D eigenvalue weighted by molar-refractivity contribution is -0.137. The minimum Gasteiger partial charge on any atom is -0.463 e. The maximum absolute atomic E-state index is 10.7. The first kappa shape index (κ1) is 13.4. The largest absolute Gasteiger partial charge is 0.463 e. The Morgan fingerprint density at radius 1 is 1.43 bits per heavy atom. The second-order valence-electron chi connectivity index (χ2n) is 3.73. The van der Waals surface area contributed by atoms with E-state index in [2.05, 4.69) is 26.6 Å². The Hall–Kier alpha value is -0.613. The van der Waals surface area contributed by atoms with Crippen molar-refractivity contribution < 1.29 is 14.0 Å². The predicted octanol–water partition coefficient (Wildman–Crippen LogP) is 2.35. The Morgan fingerprint density at radius 3 is 2.57 bits per heavy atom. The topological polar surface area (TPSA) is 35.5 Å². The molecule has 0 radical (unpaired) electrons. The first-order valence-corrected chi connectivity index (χ1v) is 8.06. The molecule has 0 unspecified atom stereocenters. The molecular weight excluding hydrogens is 196 g/mol. The van der Waals surface area contributed by atoms with Crippen molar-refractivity contribution in [3.8, 4) is 0 Å². The number of esters is 1. The number of hydrogen-bond donors (Lipinski definition) is 0. The quantitative estimate of drug-likeness (QED) is 0.372. The molecule has 14 heavy (non-hydrogen) atoms. The summed E-state index contributed by atoms with van der Waals surface area (Å²) in [5.41, 5.74) is 0. The van der Waals surface area contributed by atoms with E-state index in [1.807, 2.05) is 0 Å². The number of ether oxygens (including phenoxy) is 1. The van der Waals surface area contributed by atoms with E-state index in [1.54, 1.807) is 0 Å². The first-order valence-electron chi connectivity index (χ1n) is 4.95. The summed E-state index contributed by atoms with van der Waals surface area (Å²) in [6, 6.07) is 0.840. The van der Waals surface area contributed by atoms with Gasteiger partial charge in [-0.3, -0.25) is 0 Å². The monoisotopic (exact) mass is 216 g/mol. The third kappa shape index (κ3) is 6.86. The number of hydrogen-bond acceptors (Lipinski definition) is 3. The van der Waals surface area contributed by atoms with Gasteiger partial charge in [0.15, 0.2) is 8.32 Å². The summed E-state index contributed by atoms with van der Waals surface area (Å²) in [6.45, 7) is 10.9. The van der Waals surface area contributed by atoms with Gasteiger partial charge >= 0.3 is 5.97 Å². The zero-order valence-electron chi connectivity index (χ0n) is 9.34. The van der Waals surface area contributed by atoms with Crippen LogP contribution in [0.5, 0.6) is 0 Å². The molecule has 0 heterocycles. The van der Waals surface area contributed by atoms with Gasteiger partial charge in [-0.2, -0.15) is 0 Å². The van der Waals surface area contributed by atoms with Gasteiger partial charge in [-0.1, -0.05) is 13.5 Å². The molecule has 0 fully saturated rings. The van der Waals surface area contributed by atoms with Crippen molar-refractivity contribution in [1.82, 2.24) is 0 Å². The third-order valence-electron chi connectivity index (χ3n) is 1.81.